The molecule has 0 saturated carbocycles. The SMILES string of the molecule is O=C(Cc1cn(Cc2ccc(F)cc2)c2ccccc12)N1CCN(c2cccc(Cl)c2)CC1. The Balaban J connectivity index is 1.29. The molecule has 0 N–H and O–H groups in total. The molecule has 0 radical (unpaired) electrons. The molecule has 4 aromatic rings. The number of hydrogen-bond donors (Lipinski definition) is 0. The Morgan fingerprint density at radius 2 is 1.67 bits per heavy atom. The highest BCUT2D eigenvalue weighted by Crippen LogP contribution is 2.25. The van der Waals surface area contributed by atoms with E-state index in [4.69, 9.17) is 11.6 Å². The second-order valence-corrected chi connectivity index (χ2v) is 8.89. The summed E-state index contributed by atoms with van der Waals surface area (Å²) in [6.45, 7) is 3.60. The number of fused-ring (bicyclic) bond motifs is 1. The molecular formula is C27H25ClFN3O. The summed E-state index contributed by atoms with van der Waals surface area (Å²) in [5.41, 5.74) is 4.22. The minimum absolute atomic E-state index is 0.144. The summed E-state index contributed by atoms with van der Waals surface area (Å²) in [4.78, 5) is 17.4. The Labute approximate surface area is 197 Å². The fraction of sp³-hybridized carbons (Fsp3) is 0.222. The van der Waals surface area contributed by atoms with Crippen LogP contribution in [-0.4, -0.2) is 41.6 Å². The molecule has 168 valence electrons. The number of carbonyl (C=O) groups excluding carboxylic acids is 1. The lowest BCUT2D eigenvalue weighted by Gasteiger charge is -2.36. The van der Waals surface area contributed by atoms with E-state index in [1.807, 2.05) is 35.2 Å². The molecule has 5 rings (SSSR count). The molecule has 1 fully saturated rings. The van der Waals surface area contributed by atoms with Crippen molar-refractivity contribution in [2.75, 3.05) is 31.1 Å². The number of hydrogen-bond acceptors (Lipinski definition) is 2. The lowest BCUT2D eigenvalue weighted by molar-refractivity contribution is -0.130. The topological polar surface area (TPSA) is 28.5 Å². The van der Waals surface area contributed by atoms with E-state index in [0.717, 1.165) is 45.8 Å². The molecule has 1 amide bonds. The second kappa shape index (κ2) is 9.28. The van der Waals surface area contributed by atoms with Gasteiger partial charge in [0.1, 0.15) is 5.82 Å². The van der Waals surface area contributed by atoms with Gasteiger partial charge in [0.15, 0.2) is 0 Å². The van der Waals surface area contributed by atoms with Gasteiger partial charge in [-0.3, -0.25) is 4.79 Å². The number of anilines is 1. The van der Waals surface area contributed by atoms with Crippen molar-refractivity contribution in [2.24, 2.45) is 0 Å². The van der Waals surface area contributed by atoms with Crippen LogP contribution in [0.25, 0.3) is 10.9 Å². The van der Waals surface area contributed by atoms with Crippen molar-refractivity contribution in [3.63, 3.8) is 0 Å². The molecule has 33 heavy (non-hydrogen) atoms. The number of carbonyl (C=O) groups is 1. The van der Waals surface area contributed by atoms with Crippen molar-refractivity contribution in [2.45, 2.75) is 13.0 Å². The molecule has 1 saturated heterocycles. The number of halogens is 2. The number of amides is 1. The molecule has 3 aromatic carbocycles. The van der Waals surface area contributed by atoms with E-state index >= 15 is 0 Å². The highest BCUT2D eigenvalue weighted by molar-refractivity contribution is 6.30. The fourth-order valence-corrected chi connectivity index (χ4v) is 4.73. The number of nitrogens with zero attached hydrogens (tertiary/aromatic N) is 3. The first kappa shape index (κ1) is 21.5. The Bertz CT molecular complexity index is 1280. The van der Waals surface area contributed by atoms with E-state index in [1.165, 1.54) is 12.1 Å². The average molecular weight is 462 g/mol. The zero-order valence-electron chi connectivity index (χ0n) is 18.3. The van der Waals surface area contributed by atoms with E-state index in [2.05, 4.69) is 33.9 Å². The lowest BCUT2D eigenvalue weighted by Crippen LogP contribution is -2.49. The van der Waals surface area contributed by atoms with Crippen molar-refractivity contribution in [1.29, 1.82) is 0 Å². The summed E-state index contributed by atoms with van der Waals surface area (Å²) in [6, 6.07) is 22.5. The first-order chi connectivity index (χ1) is 16.1. The lowest BCUT2D eigenvalue weighted by atomic mass is 10.1. The Kier molecular flexibility index (Phi) is 6.05. The van der Waals surface area contributed by atoms with Crippen LogP contribution in [0.4, 0.5) is 10.1 Å². The van der Waals surface area contributed by atoms with Crippen molar-refractivity contribution < 1.29 is 9.18 Å². The van der Waals surface area contributed by atoms with Crippen molar-refractivity contribution in [3.05, 3.63) is 101 Å². The predicted molar refractivity (Wildman–Crippen MR) is 131 cm³/mol. The average Bonchev–Trinajstić information content (AvgIpc) is 3.17. The van der Waals surface area contributed by atoms with Crippen LogP contribution in [0.5, 0.6) is 0 Å². The minimum Gasteiger partial charge on any atom is -0.368 e. The van der Waals surface area contributed by atoms with Crippen LogP contribution in [0.1, 0.15) is 11.1 Å². The molecule has 2 heterocycles. The molecule has 4 nitrogen and oxygen atoms in total. The monoisotopic (exact) mass is 461 g/mol. The second-order valence-electron chi connectivity index (χ2n) is 8.45. The van der Waals surface area contributed by atoms with Crippen molar-refractivity contribution in [1.82, 2.24) is 9.47 Å². The maximum Gasteiger partial charge on any atom is 0.227 e. The number of para-hydroxylation sites is 1. The van der Waals surface area contributed by atoms with E-state index in [1.54, 1.807) is 12.1 Å². The Morgan fingerprint density at radius 1 is 0.909 bits per heavy atom. The van der Waals surface area contributed by atoms with Crippen LogP contribution in [0.3, 0.4) is 0 Å². The van der Waals surface area contributed by atoms with E-state index in [9.17, 15) is 9.18 Å². The summed E-state index contributed by atoms with van der Waals surface area (Å²) < 4.78 is 15.4. The van der Waals surface area contributed by atoms with Gasteiger partial charge in [0.2, 0.25) is 5.91 Å². The number of aromatic nitrogens is 1. The third kappa shape index (κ3) is 4.74. The zero-order valence-corrected chi connectivity index (χ0v) is 19.0. The molecule has 0 aliphatic carbocycles. The normalized spacial score (nSPS) is 14.1. The molecule has 6 heteroatoms. The van der Waals surface area contributed by atoms with Gasteiger partial charge in [-0.05, 0) is 47.5 Å². The Hall–Kier alpha value is -3.31. The van der Waals surface area contributed by atoms with Crippen LogP contribution < -0.4 is 4.90 Å². The molecule has 0 unspecified atom stereocenters. The van der Waals surface area contributed by atoms with E-state index < -0.39 is 0 Å². The number of piperazine rings is 1. The minimum atomic E-state index is -0.238. The van der Waals surface area contributed by atoms with Gasteiger partial charge in [-0.2, -0.15) is 0 Å². The molecule has 0 spiro atoms. The predicted octanol–water partition coefficient (Wildman–Crippen LogP) is 5.37. The van der Waals surface area contributed by atoms with Crippen LogP contribution in [0, 0.1) is 5.82 Å². The van der Waals surface area contributed by atoms with Crippen LogP contribution in [0.2, 0.25) is 5.02 Å². The summed E-state index contributed by atoms with van der Waals surface area (Å²) in [7, 11) is 0. The number of rotatable bonds is 5. The van der Waals surface area contributed by atoms with Crippen LogP contribution >= 0.6 is 11.6 Å². The van der Waals surface area contributed by atoms with Gasteiger partial charge < -0.3 is 14.4 Å². The van der Waals surface area contributed by atoms with E-state index in [-0.39, 0.29) is 11.7 Å². The standard InChI is InChI=1S/C27H25ClFN3O/c28-22-4-3-5-24(17-22)30-12-14-31(15-13-30)27(33)16-21-19-32(26-7-2-1-6-25(21)26)18-20-8-10-23(29)11-9-20/h1-11,17,19H,12-16,18H2. The maximum atomic E-state index is 13.3. The van der Waals surface area contributed by atoms with Gasteiger partial charge in [-0.1, -0.05) is 48.0 Å². The van der Waals surface area contributed by atoms with Gasteiger partial charge in [-0.25, -0.2) is 4.39 Å². The highest BCUT2D eigenvalue weighted by Gasteiger charge is 2.22. The number of benzene rings is 3. The third-order valence-corrected chi connectivity index (χ3v) is 6.52. The maximum absolute atomic E-state index is 13.3. The van der Waals surface area contributed by atoms with Crippen LogP contribution in [0.15, 0.2) is 79.0 Å². The molecule has 0 atom stereocenters. The Morgan fingerprint density at radius 3 is 2.42 bits per heavy atom. The molecule has 1 aromatic heterocycles. The fourth-order valence-electron chi connectivity index (χ4n) is 4.54. The molecular weight excluding hydrogens is 437 g/mol. The van der Waals surface area contributed by atoms with Gasteiger partial charge in [0, 0.05) is 60.5 Å². The first-order valence-corrected chi connectivity index (χ1v) is 11.5. The summed E-state index contributed by atoms with van der Waals surface area (Å²) >= 11 is 6.13. The molecule has 1 aliphatic heterocycles. The highest BCUT2D eigenvalue weighted by atomic mass is 35.5. The van der Waals surface area contributed by atoms with Gasteiger partial charge in [0.25, 0.3) is 0 Å². The van der Waals surface area contributed by atoms with Crippen molar-refractivity contribution in [3.8, 4) is 0 Å². The summed E-state index contributed by atoms with van der Waals surface area (Å²) in [5.74, 6) is -0.0942. The summed E-state index contributed by atoms with van der Waals surface area (Å²) in [6.07, 6.45) is 2.43. The smallest absolute Gasteiger partial charge is 0.227 e. The molecule has 1 aliphatic rings. The zero-order chi connectivity index (χ0) is 22.8. The quantitative estimate of drug-likeness (QED) is 0.399. The molecule has 0 bridgehead atoms. The van der Waals surface area contributed by atoms with Gasteiger partial charge in [-0.15, -0.1) is 0 Å². The van der Waals surface area contributed by atoms with Crippen LogP contribution in [-0.2, 0) is 17.8 Å². The van der Waals surface area contributed by atoms with Gasteiger partial charge >= 0.3 is 0 Å². The van der Waals surface area contributed by atoms with E-state index in [0.29, 0.717) is 26.1 Å². The first-order valence-electron chi connectivity index (χ1n) is 11.2. The van der Waals surface area contributed by atoms with Crippen molar-refractivity contribution >= 4 is 34.1 Å². The third-order valence-electron chi connectivity index (χ3n) is 6.28. The van der Waals surface area contributed by atoms with Gasteiger partial charge in [0.05, 0.1) is 6.42 Å². The summed E-state index contributed by atoms with van der Waals surface area (Å²) in [5, 5.41) is 1.81. The largest absolute Gasteiger partial charge is 0.368 e.